The van der Waals surface area contributed by atoms with Crippen LogP contribution >= 0.6 is 11.3 Å². The molecular weight excluding hydrogens is 316 g/mol. The van der Waals surface area contributed by atoms with Crippen molar-refractivity contribution in [3.8, 4) is 0 Å². The van der Waals surface area contributed by atoms with Gasteiger partial charge >= 0.3 is 0 Å². The molecule has 2 aromatic heterocycles. The Morgan fingerprint density at radius 2 is 2.33 bits per heavy atom. The lowest BCUT2D eigenvalue weighted by molar-refractivity contribution is 0.0154. The van der Waals surface area contributed by atoms with Gasteiger partial charge in [-0.15, -0.1) is 11.3 Å². The maximum absolute atomic E-state index is 6.06. The maximum atomic E-state index is 6.06. The van der Waals surface area contributed by atoms with Gasteiger partial charge in [0.2, 0.25) is 0 Å². The van der Waals surface area contributed by atoms with E-state index < -0.39 is 0 Å². The van der Waals surface area contributed by atoms with Gasteiger partial charge in [0.25, 0.3) is 0 Å². The molecule has 1 fully saturated rings. The number of aryl methyl sites for hydroxylation is 1. The number of thiophene rings is 1. The van der Waals surface area contributed by atoms with Gasteiger partial charge in [-0.1, -0.05) is 24.3 Å². The number of hydrogen-bond donors (Lipinski definition) is 0. The van der Waals surface area contributed by atoms with Gasteiger partial charge in [0.05, 0.1) is 12.7 Å². The minimum absolute atomic E-state index is 0.249. The zero-order valence-corrected chi connectivity index (χ0v) is 14.8. The van der Waals surface area contributed by atoms with Crippen molar-refractivity contribution in [2.45, 2.75) is 31.9 Å². The van der Waals surface area contributed by atoms with Crippen LogP contribution in [0.1, 0.15) is 23.3 Å². The molecule has 3 nitrogen and oxygen atoms in total. The largest absolute Gasteiger partial charge is 0.369 e. The minimum atomic E-state index is 0.249. The Kier molecular flexibility index (Phi) is 4.79. The van der Waals surface area contributed by atoms with Gasteiger partial charge in [0.15, 0.2) is 0 Å². The first-order valence-corrected chi connectivity index (χ1v) is 9.64. The Hall–Kier alpha value is -1.49. The van der Waals surface area contributed by atoms with Crippen molar-refractivity contribution in [3.63, 3.8) is 0 Å². The summed E-state index contributed by atoms with van der Waals surface area (Å²) in [5, 5.41) is 2.18. The van der Waals surface area contributed by atoms with Crippen LogP contribution in [0.3, 0.4) is 0 Å². The van der Waals surface area contributed by atoms with Crippen LogP contribution in [0.4, 0.5) is 0 Å². The van der Waals surface area contributed by atoms with E-state index in [1.165, 1.54) is 23.3 Å². The number of aromatic nitrogens is 1. The molecule has 0 N–H and O–H groups in total. The number of rotatable bonds is 6. The highest BCUT2D eigenvalue weighted by molar-refractivity contribution is 7.09. The average Bonchev–Trinajstić information content (AvgIpc) is 3.36. The lowest BCUT2D eigenvalue weighted by atomic mass is 9.77. The van der Waals surface area contributed by atoms with Crippen LogP contribution in [0.5, 0.6) is 0 Å². The third-order valence-electron chi connectivity index (χ3n) is 5.33. The Morgan fingerprint density at radius 1 is 1.33 bits per heavy atom. The van der Waals surface area contributed by atoms with Crippen LogP contribution in [0.15, 0.2) is 54.2 Å². The molecule has 24 heavy (non-hydrogen) atoms. The van der Waals surface area contributed by atoms with Crippen LogP contribution < -0.4 is 0 Å². The Morgan fingerprint density at radius 3 is 3.08 bits per heavy atom. The summed E-state index contributed by atoms with van der Waals surface area (Å²) >= 11 is 1.87. The molecule has 2 unspecified atom stereocenters. The van der Waals surface area contributed by atoms with Crippen LogP contribution in [-0.4, -0.2) is 35.7 Å². The molecule has 0 radical (unpaired) electrons. The molecule has 0 saturated carbocycles. The second-order valence-corrected chi connectivity index (χ2v) is 7.98. The molecule has 0 aliphatic carbocycles. The van der Waals surface area contributed by atoms with E-state index in [2.05, 4.69) is 45.6 Å². The molecule has 2 aromatic rings. The van der Waals surface area contributed by atoms with Crippen LogP contribution in [0.25, 0.3) is 0 Å². The molecule has 1 saturated heterocycles. The van der Waals surface area contributed by atoms with E-state index >= 15 is 0 Å². The summed E-state index contributed by atoms with van der Waals surface area (Å²) in [6.45, 7) is 4.02. The third-order valence-corrected chi connectivity index (χ3v) is 6.27. The molecule has 126 valence electrons. The predicted molar refractivity (Wildman–Crippen MR) is 98.1 cm³/mol. The van der Waals surface area contributed by atoms with Gasteiger partial charge in [0.1, 0.15) is 0 Å². The summed E-state index contributed by atoms with van der Waals surface area (Å²) < 4.78 is 6.06. The molecule has 2 atom stereocenters. The van der Waals surface area contributed by atoms with Crippen molar-refractivity contribution in [1.82, 2.24) is 9.88 Å². The standard InChI is InChI=1S/C20H24N2OS/c1-4-17(14-21-10-1)15-22-11-9-20(16-22,19-6-2-12-23-19)8-7-18-5-3-13-24-18/h1-6,10,13-14,19H,7-9,11-12,15-16H2. The fourth-order valence-electron chi connectivity index (χ4n) is 4.05. The van der Waals surface area contributed by atoms with Crippen molar-refractivity contribution in [1.29, 1.82) is 0 Å². The highest BCUT2D eigenvalue weighted by Crippen LogP contribution is 2.42. The van der Waals surface area contributed by atoms with E-state index in [4.69, 9.17) is 4.74 Å². The van der Waals surface area contributed by atoms with E-state index in [9.17, 15) is 0 Å². The van der Waals surface area contributed by atoms with E-state index in [1.54, 1.807) is 0 Å². The van der Waals surface area contributed by atoms with E-state index in [0.717, 1.165) is 32.7 Å². The smallest absolute Gasteiger partial charge is 0.0829 e. The second-order valence-electron chi connectivity index (χ2n) is 6.95. The van der Waals surface area contributed by atoms with Gasteiger partial charge in [-0.3, -0.25) is 9.88 Å². The number of likely N-dealkylation sites (tertiary alicyclic amines) is 1. The topological polar surface area (TPSA) is 25.4 Å². The van der Waals surface area contributed by atoms with Crippen molar-refractivity contribution in [2.75, 3.05) is 19.7 Å². The molecular formula is C20H24N2OS. The minimum Gasteiger partial charge on any atom is -0.369 e. The fourth-order valence-corrected chi connectivity index (χ4v) is 4.76. The number of pyridine rings is 1. The number of hydrogen-bond acceptors (Lipinski definition) is 4. The SMILES string of the molecule is C1=CC(C2(CCc3cccs3)CCN(Cc3cccnc3)C2)OC1. The summed E-state index contributed by atoms with van der Waals surface area (Å²) in [5.74, 6) is 0. The molecule has 0 spiro atoms. The highest BCUT2D eigenvalue weighted by atomic mass is 32.1. The van der Waals surface area contributed by atoms with Crippen molar-refractivity contribution in [2.24, 2.45) is 5.41 Å². The van der Waals surface area contributed by atoms with Crippen molar-refractivity contribution >= 4 is 11.3 Å². The van der Waals surface area contributed by atoms with Crippen molar-refractivity contribution < 1.29 is 4.74 Å². The lowest BCUT2D eigenvalue weighted by Gasteiger charge is -2.34. The Labute approximate surface area is 148 Å². The van der Waals surface area contributed by atoms with Crippen LogP contribution in [0, 0.1) is 5.41 Å². The van der Waals surface area contributed by atoms with E-state index in [0.29, 0.717) is 0 Å². The Bertz CT molecular complexity index is 670. The average molecular weight is 340 g/mol. The zero-order chi connectivity index (χ0) is 16.2. The first-order valence-electron chi connectivity index (χ1n) is 8.76. The summed E-state index contributed by atoms with van der Waals surface area (Å²) in [7, 11) is 0. The van der Waals surface area contributed by atoms with Crippen LogP contribution in [0.2, 0.25) is 0 Å². The Balaban J connectivity index is 1.46. The molecule has 4 heterocycles. The summed E-state index contributed by atoms with van der Waals surface area (Å²) in [6, 6.07) is 8.61. The summed E-state index contributed by atoms with van der Waals surface area (Å²) in [4.78, 5) is 8.31. The number of ether oxygens (including phenoxy) is 1. The predicted octanol–water partition coefficient (Wildman–Crippen LogP) is 3.92. The fraction of sp³-hybridized carbons (Fsp3) is 0.450. The first kappa shape index (κ1) is 16.0. The monoisotopic (exact) mass is 340 g/mol. The normalized spacial score (nSPS) is 27.1. The summed E-state index contributed by atoms with van der Waals surface area (Å²) in [6.07, 6.45) is 12.2. The van der Waals surface area contributed by atoms with Gasteiger partial charge in [-0.2, -0.15) is 0 Å². The van der Waals surface area contributed by atoms with Gasteiger partial charge in [-0.25, -0.2) is 0 Å². The molecule has 0 bridgehead atoms. The molecule has 0 aromatic carbocycles. The maximum Gasteiger partial charge on any atom is 0.0829 e. The zero-order valence-electron chi connectivity index (χ0n) is 13.9. The molecule has 2 aliphatic rings. The van der Waals surface area contributed by atoms with Crippen LogP contribution in [-0.2, 0) is 17.7 Å². The summed E-state index contributed by atoms with van der Waals surface area (Å²) in [5.41, 5.74) is 1.55. The molecule has 2 aliphatic heterocycles. The highest BCUT2D eigenvalue weighted by Gasteiger charge is 2.44. The molecule has 4 heteroatoms. The molecule has 0 amide bonds. The first-order chi connectivity index (χ1) is 11.8. The van der Waals surface area contributed by atoms with Gasteiger partial charge < -0.3 is 4.74 Å². The molecule has 4 rings (SSSR count). The van der Waals surface area contributed by atoms with Crippen molar-refractivity contribution in [3.05, 3.63) is 64.6 Å². The third kappa shape index (κ3) is 3.46. The van der Waals surface area contributed by atoms with Gasteiger partial charge in [0, 0.05) is 35.8 Å². The van der Waals surface area contributed by atoms with Gasteiger partial charge in [-0.05, 0) is 48.9 Å². The lowest BCUT2D eigenvalue weighted by Crippen LogP contribution is -2.38. The quantitative estimate of drug-likeness (QED) is 0.745. The number of nitrogens with zero attached hydrogens (tertiary/aromatic N) is 2. The second kappa shape index (κ2) is 7.18. The van der Waals surface area contributed by atoms with E-state index in [-0.39, 0.29) is 11.5 Å². The van der Waals surface area contributed by atoms with E-state index in [1.807, 2.05) is 29.8 Å².